The van der Waals surface area contributed by atoms with E-state index >= 15 is 0 Å². The molecule has 7 aromatic rings. The second-order valence-corrected chi connectivity index (χ2v) is 12.1. The Morgan fingerprint density at radius 1 is 0.729 bits per heavy atom. The number of nitrogens with zero attached hydrogens (tertiary/aromatic N) is 4. The lowest BCUT2D eigenvalue weighted by molar-refractivity contribution is -0.115. The number of carbonyl (C=O) groups excluding carboxylic acids is 1. The van der Waals surface area contributed by atoms with Crippen LogP contribution in [-0.2, 0) is 16.8 Å². The minimum absolute atomic E-state index is 0.140. The SMILES string of the molecule is C[C@@H](NC(=O)C1=Nc2cc3c(-c4ccncc4)nn(C(c4ccccc4)(c4ccccc4)c4ccccc4)c3cc2C1)c1ccccc1. The molecule has 1 aliphatic heterocycles. The van der Waals surface area contributed by atoms with Gasteiger partial charge in [0.15, 0.2) is 0 Å². The predicted octanol–water partition coefficient (Wildman–Crippen LogP) is 8.44. The van der Waals surface area contributed by atoms with Crippen LogP contribution < -0.4 is 5.32 Å². The standard InChI is InChI=1S/C42H33N5O/c1-29(30-14-6-2-7-15-30)44-41(48)38-26-32-27-39-36(28-37(32)45-38)40(31-22-24-43-25-23-31)46-47(39)42(33-16-8-3-9-17-33,34-18-10-4-11-19-34)35-20-12-5-13-21-35/h2-25,27-29H,26H2,1H3,(H,44,48)/t29-/m1/s1. The van der Waals surface area contributed by atoms with Crippen LogP contribution in [0.1, 0.15) is 40.8 Å². The lowest BCUT2D eigenvalue weighted by Gasteiger charge is -2.37. The molecule has 48 heavy (non-hydrogen) atoms. The number of aliphatic imine (C=N–C) groups is 1. The summed E-state index contributed by atoms with van der Waals surface area (Å²) in [5.74, 6) is -0.158. The van der Waals surface area contributed by atoms with Gasteiger partial charge in [-0.2, -0.15) is 5.10 Å². The van der Waals surface area contributed by atoms with Crippen molar-refractivity contribution in [1.82, 2.24) is 20.1 Å². The maximum atomic E-state index is 13.5. The van der Waals surface area contributed by atoms with Crippen LogP contribution in [0.4, 0.5) is 5.69 Å². The second kappa shape index (κ2) is 12.2. The molecule has 1 aliphatic rings. The minimum atomic E-state index is -0.813. The van der Waals surface area contributed by atoms with Crippen molar-refractivity contribution in [2.45, 2.75) is 24.9 Å². The van der Waals surface area contributed by atoms with Gasteiger partial charge < -0.3 is 5.32 Å². The van der Waals surface area contributed by atoms with Gasteiger partial charge in [0.05, 0.1) is 17.2 Å². The van der Waals surface area contributed by atoms with Gasteiger partial charge in [0.2, 0.25) is 0 Å². The van der Waals surface area contributed by atoms with Crippen LogP contribution in [0.15, 0.2) is 163 Å². The highest BCUT2D eigenvalue weighted by molar-refractivity contribution is 6.41. The van der Waals surface area contributed by atoms with E-state index in [1.165, 1.54) is 0 Å². The third kappa shape index (κ3) is 4.99. The first kappa shape index (κ1) is 29.3. The van der Waals surface area contributed by atoms with Gasteiger partial charge in [-0.25, -0.2) is 9.67 Å². The monoisotopic (exact) mass is 623 g/mol. The average Bonchev–Trinajstić information content (AvgIpc) is 3.75. The summed E-state index contributed by atoms with van der Waals surface area (Å²) in [6.07, 6.45) is 4.02. The number of nitrogens with one attached hydrogen (secondary N) is 1. The summed E-state index contributed by atoms with van der Waals surface area (Å²) in [7, 11) is 0. The van der Waals surface area contributed by atoms with Crippen LogP contribution in [0.2, 0.25) is 0 Å². The predicted molar refractivity (Wildman–Crippen MR) is 191 cm³/mol. The maximum Gasteiger partial charge on any atom is 0.266 e. The molecule has 0 fully saturated rings. The summed E-state index contributed by atoms with van der Waals surface area (Å²) in [4.78, 5) is 22.7. The molecule has 6 nitrogen and oxygen atoms in total. The fourth-order valence-corrected chi connectivity index (χ4v) is 6.92. The highest BCUT2D eigenvalue weighted by Gasteiger charge is 2.41. The number of rotatable bonds is 8. The van der Waals surface area contributed by atoms with Gasteiger partial charge in [0.1, 0.15) is 16.9 Å². The number of amides is 1. The Balaban J connectivity index is 1.34. The Labute approximate surface area is 279 Å². The Morgan fingerprint density at radius 3 is 1.83 bits per heavy atom. The molecule has 1 N–H and O–H groups in total. The van der Waals surface area contributed by atoms with Gasteiger partial charge in [-0.3, -0.25) is 9.78 Å². The van der Waals surface area contributed by atoms with E-state index in [0.29, 0.717) is 12.1 Å². The van der Waals surface area contributed by atoms with Gasteiger partial charge in [0.25, 0.3) is 5.91 Å². The molecule has 0 aliphatic carbocycles. The molecule has 0 bridgehead atoms. The molecule has 6 heteroatoms. The van der Waals surface area contributed by atoms with Crippen molar-refractivity contribution >= 4 is 28.2 Å². The molecule has 8 rings (SSSR count). The van der Waals surface area contributed by atoms with Gasteiger partial charge in [0, 0.05) is 29.8 Å². The number of fused-ring (bicyclic) bond motifs is 2. The highest BCUT2D eigenvalue weighted by atomic mass is 16.2. The average molecular weight is 624 g/mol. The van der Waals surface area contributed by atoms with Crippen molar-refractivity contribution < 1.29 is 4.79 Å². The van der Waals surface area contributed by atoms with E-state index in [-0.39, 0.29) is 11.9 Å². The normalized spacial score (nSPS) is 13.1. The molecule has 5 aromatic carbocycles. The quantitative estimate of drug-likeness (QED) is 0.173. The zero-order chi connectivity index (χ0) is 32.5. The Morgan fingerprint density at radius 2 is 1.27 bits per heavy atom. The van der Waals surface area contributed by atoms with Crippen molar-refractivity contribution in [1.29, 1.82) is 0 Å². The Bertz CT molecular complexity index is 2150. The molecule has 232 valence electrons. The number of benzene rings is 5. The van der Waals surface area contributed by atoms with E-state index in [0.717, 1.165) is 55.7 Å². The molecule has 0 saturated carbocycles. The molecular weight excluding hydrogens is 590 g/mol. The highest BCUT2D eigenvalue weighted by Crippen LogP contribution is 2.45. The Hall–Kier alpha value is -6.14. The number of hydrogen-bond donors (Lipinski definition) is 1. The summed E-state index contributed by atoms with van der Waals surface area (Å²) in [6, 6.07) is 49.8. The summed E-state index contributed by atoms with van der Waals surface area (Å²) >= 11 is 0. The molecule has 3 heterocycles. The smallest absolute Gasteiger partial charge is 0.266 e. The molecular formula is C42H33N5O. The first-order valence-corrected chi connectivity index (χ1v) is 16.2. The molecule has 0 saturated heterocycles. The van der Waals surface area contributed by atoms with Crippen LogP contribution >= 0.6 is 0 Å². The van der Waals surface area contributed by atoms with Gasteiger partial charge >= 0.3 is 0 Å². The fourth-order valence-electron chi connectivity index (χ4n) is 6.92. The second-order valence-electron chi connectivity index (χ2n) is 12.1. The molecule has 1 amide bonds. The summed E-state index contributed by atoms with van der Waals surface area (Å²) in [6.45, 7) is 2.00. The van der Waals surface area contributed by atoms with Crippen molar-refractivity contribution in [3.05, 3.63) is 186 Å². The van der Waals surface area contributed by atoms with Crippen molar-refractivity contribution in [3.8, 4) is 11.3 Å². The van der Waals surface area contributed by atoms with Crippen molar-refractivity contribution in [2.75, 3.05) is 0 Å². The van der Waals surface area contributed by atoms with E-state index in [4.69, 9.17) is 10.1 Å². The van der Waals surface area contributed by atoms with Crippen molar-refractivity contribution in [2.24, 2.45) is 4.99 Å². The molecule has 0 unspecified atom stereocenters. The Kier molecular flexibility index (Phi) is 7.46. The minimum Gasteiger partial charge on any atom is -0.344 e. The summed E-state index contributed by atoms with van der Waals surface area (Å²) in [5.41, 5.74) is 8.50. The lowest BCUT2D eigenvalue weighted by Crippen LogP contribution is -2.38. The maximum absolute atomic E-state index is 13.5. The van der Waals surface area contributed by atoms with Gasteiger partial charge in [-0.1, -0.05) is 121 Å². The van der Waals surface area contributed by atoms with Gasteiger partial charge in [-0.05, 0) is 59.0 Å². The van der Waals surface area contributed by atoms with Crippen LogP contribution in [0.3, 0.4) is 0 Å². The van der Waals surface area contributed by atoms with Gasteiger partial charge in [-0.15, -0.1) is 0 Å². The molecule has 0 spiro atoms. The third-order valence-electron chi connectivity index (χ3n) is 9.25. The zero-order valence-electron chi connectivity index (χ0n) is 26.5. The van der Waals surface area contributed by atoms with E-state index in [1.807, 2.05) is 67.6 Å². The largest absolute Gasteiger partial charge is 0.344 e. The van der Waals surface area contributed by atoms with E-state index in [2.05, 4.69) is 99.9 Å². The fraction of sp³-hybridized carbons (Fsp3) is 0.0952. The summed E-state index contributed by atoms with van der Waals surface area (Å²) in [5, 5.41) is 9.60. The van der Waals surface area contributed by atoms with E-state index < -0.39 is 5.54 Å². The van der Waals surface area contributed by atoms with Crippen LogP contribution in [0, 0.1) is 0 Å². The zero-order valence-corrected chi connectivity index (χ0v) is 26.5. The molecule has 1 atom stereocenters. The first-order chi connectivity index (χ1) is 23.6. The van der Waals surface area contributed by atoms with E-state index in [1.54, 1.807) is 12.4 Å². The topological polar surface area (TPSA) is 72.2 Å². The number of carbonyl (C=O) groups is 1. The van der Waals surface area contributed by atoms with Crippen LogP contribution in [0.25, 0.3) is 22.2 Å². The third-order valence-corrected chi connectivity index (χ3v) is 9.25. The molecule has 0 radical (unpaired) electrons. The lowest BCUT2D eigenvalue weighted by atomic mass is 9.77. The van der Waals surface area contributed by atoms with Crippen LogP contribution in [-0.4, -0.2) is 26.4 Å². The van der Waals surface area contributed by atoms with E-state index in [9.17, 15) is 4.79 Å². The summed E-state index contributed by atoms with van der Waals surface area (Å²) < 4.78 is 2.17. The first-order valence-electron chi connectivity index (χ1n) is 16.2. The number of pyridine rings is 1. The number of hydrogen-bond acceptors (Lipinski definition) is 4. The molecule has 2 aromatic heterocycles. The van der Waals surface area contributed by atoms with Crippen LogP contribution in [0.5, 0.6) is 0 Å². The van der Waals surface area contributed by atoms with Crippen molar-refractivity contribution in [3.63, 3.8) is 0 Å². The number of aromatic nitrogens is 3.